The number of hydrogen-bond donors (Lipinski definition) is 0. The summed E-state index contributed by atoms with van der Waals surface area (Å²) < 4.78 is 0. The molecule has 0 radical (unpaired) electrons. The first-order valence-electron chi connectivity index (χ1n) is 6.14. The van der Waals surface area contributed by atoms with Gasteiger partial charge in [-0.05, 0) is 37.0 Å². The van der Waals surface area contributed by atoms with Crippen LogP contribution in [0, 0.1) is 0 Å². The normalized spacial score (nSPS) is 9.60. The minimum absolute atomic E-state index is 0. The molecule has 0 saturated carbocycles. The molecule has 0 saturated heterocycles. The predicted octanol–water partition coefficient (Wildman–Crippen LogP) is 5.05. The van der Waals surface area contributed by atoms with Gasteiger partial charge in [0.25, 0.3) is 0 Å². The second-order valence-corrected chi connectivity index (χ2v) is 9.72. The quantitative estimate of drug-likeness (QED) is 0.468. The van der Waals surface area contributed by atoms with Gasteiger partial charge in [0.05, 0.1) is 0 Å². The smallest absolute Gasteiger partial charge is 0 e. The van der Waals surface area contributed by atoms with Gasteiger partial charge in [-0.1, -0.05) is 41.5 Å². The van der Waals surface area contributed by atoms with Crippen molar-refractivity contribution in [2.45, 2.75) is 41.5 Å². The van der Waals surface area contributed by atoms with E-state index in [0.29, 0.717) is 15.8 Å². The van der Waals surface area contributed by atoms with Crippen molar-refractivity contribution in [3.8, 4) is 0 Å². The second-order valence-electron chi connectivity index (χ2n) is 3.24. The molecule has 0 heterocycles. The summed E-state index contributed by atoms with van der Waals surface area (Å²) >= 11 is 0. The maximum absolute atomic E-state index is 2.29. The molecule has 0 rings (SSSR count). The molecule has 0 aliphatic rings. The van der Waals surface area contributed by atoms with Crippen molar-refractivity contribution in [2.24, 2.45) is 0 Å². The Morgan fingerprint density at radius 2 is 0.600 bits per heavy atom. The molecule has 0 N–H and O–H groups in total. The molecule has 0 bridgehead atoms. The Labute approximate surface area is 115 Å². The van der Waals surface area contributed by atoms with Crippen molar-refractivity contribution in [2.75, 3.05) is 37.0 Å². The molecule has 98 valence electrons. The van der Waals surface area contributed by atoms with Gasteiger partial charge in [-0.2, -0.15) is 0 Å². The molecular weight excluding hydrogens is 312 g/mol. The second kappa shape index (κ2) is 17.9. The molecule has 0 spiro atoms. The largest absolute Gasteiger partial charge is 0.108 e. The van der Waals surface area contributed by atoms with Gasteiger partial charge in [0.1, 0.15) is 0 Å². The van der Waals surface area contributed by atoms with Crippen LogP contribution in [0.3, 0.4) is 0 Å². The number of rotatable bonds is 6. The molecule has 0 atom stereocenters. The van der Waals surface area contributed by atoms with E-state index in [1.165, 1.54) is 37.0 Å². The van der Waals surface area contributed by atoms with Crippen molar-refractivity contribution < 1.29 is 20.4 Å². The van der Waals surface area contributed by atoms with Gasteiger partial charge in [0, 0.05) is 20.4 Å². The van der Waals surface area contributed by atoms with Crippen molar-refractivity contribution in [1.29, 1.82) is 0 Å². The van der Waals surface area contributed by atoms with E-state index in [0.717, 1.165) is 0 Å². The Bertz CT molecular complexity index is 68.6. The van der Waals surface area contributed by atoms with E-state index in [1.54, 1.807) is 0 Å². The molecule has 0 unspecified atom stereocenters. The topological polar surface area (TPSA) is 0 Å². The molecule has 0 aliphatic heterocycles. The van der Waals surface area contributed by atoms with E-state index in [2.05, 4.69) is 41.5 Å². The summed E-state index contributed by atoms with van der Waals surface area (Å²) in [6.45, 7) is 13.7. The van der Waals surface area contributed by atoms with Gasteiger partial charge in [-0.3, -0.25) is 0 Å². The molecule has 0 aromatic rings. The van der Waals surface area contributed by atoms with Crippen LogP contribution in [0.2, 0.25) is 0 Å². The van der Waals surface area contributed by atoms with E-state index in [9.17, 15) is 0 Å². The first kappa shape index (κ1) is 21.8. The summed E-state index contributed by atoms with van der Waals surface area (Å²) in [7, 11) is 0.892. The van der Waals surface area contributed by atoms with Crippen molar-refractivity contribution in [3.05, 3.63) is 0 Å². The molecule has 0 nitrogen and oxygen atoms in total. The zero-order valence-corrected chi connectivity index (χ0v) is 14.8. The fraction of sp³-hybridized carbons (Fsp3) is 1.00. The zero-order valence-electron chi connectivity index (χ0n) is 11.5. The van der Waals surface area contributed by atoms with Crippen LogP contribution < -0.4 is 0 Å². The minimum atomic E-state index is 0. The summed E-state index contributed by atoms with van der Waals surface area (Å²) in [5.74, 6) is 0. The molecule has 0 aromatic carbocycles. The maximum Gasteiger partial charge on any atom is 0 e. The van der Waals surface area contributed by atoms with E-state index < -0.39 is 0 Å². The van der Waals surface area contributed by atoms with Crippen LogP contribution in [0.15, 0.2) is 0 Å². The fourth-order valence-corrected chi connectivity index (χ4v) is 4.02. The van der Waals surface area contributed by atoms with Crippen LogP contribution in [0.4, 0.5) is 0 Å². The first-order chi connectivity index (χ1) is 6.69. The van der Waals surface area contributed by atoms with Crippen LogP contribution >= 0.6 is 15.8 Å². The van der Waals surface area contributed by atoms with E-state index in [-0.39, 0.29) is 20.4 Å². The zero-order chi connectivity index (χ0) is 11.4. The third kappa shape index (κ3) is 15.5. The molecular formula is C12H30P2Pd. The monoisotopic (exact) mass is 342 g/mol. The Morgan fingerprint density at radius 1 is 0.467 bits per heavy atom. The van der Waals surface area contributed by atoms with Gasteiger partial charge in [-0.25, -0.2) is 0 Å². The standard InChI is InChI=1S/2C6H15P.Pd/c2*1-4-7(5-2)6-3;/h2*4-6H2,1-3H3;. The summed E-state index contributed by atoms with van der Waals surface area (Å²) in [6.07, 6.45) is 8.51. The van der Waals surface area contributed by atoms with E-state index in [1.807, 2.05) is 0 Å². The maximum atomic E-state index is 2.29. The average Bonchev–Trinajstić information content (AvgIpc) is 2.24. The third-order valence-electron chi connectivity index (χ3n) is 2.68. The van der Waals surface area contributed by atoms with Gasteiger partial charge in [0.15, 0.2) is 0 Å². The van der Waals surface area contributed by atoms with Crippen LogP contribution in [-0.4, -0.2) is 37.0 Å². The molecule has 15 heavy (non-hydrogen) atoms. The molecule has 0 aliphatic carbocycles. The van der Waals surface area contributed by atoms with Crippen molar-refractivity contribution in [1.82, 2.24) is 0 Å². The van der Waals surface area contributed by atoms with Crippen LogP contribution in [0.5, 0.6) is 0 Å². The van der Waals surface area contributed by atoms with Gasteiger partial charge < -0.3 is 0 Å². The minimum Gasteiger partial charge on any atom is -0.108 e. The fourth-order valence-electron chi connectivity index (χ4n) is 1.34. The Balaban J connectivity index is -0.000000180. The summed E-state index contributed by atoms with van der Waals surface area (Å²) in [5, 5.41) is 0. The Kier molecular flexibility index (Phi) is 26.0. The SMILES string of the molecule is CCP(CC)CC.CCP(CC)CC.[Pd]. The third-order valence-corrected chi connectivity index (χ3v) is 8.05. The van der Waals surface area contributed by atoms with Crippen LogP contribution in [-0.2, 0) is 20.4 Å². The molecule has 0 amide bonds. The first-order valence-corrected chi connectivity index (χ1v) is 9.93. The van der Waals surface area contributed by atoms with Gasteiger partial charge in [-0.15, -0.1) is 15.8 Å². The Hall–Kier alpha value is 1.52. The average molecular weight is 343 g/mol. The van der Waals surface area contributed by atoms with Gasteiger partial charge in [0.2, 0.25) is 0 Å². The summed E-state index contributed by atoms with van der Waals surface area (Å²) in [5.41, 5.74) is 0. The molecule has 0 fully saturated rings. The summed E-state index contributed by atoms with van der Waals surface area (Å²) in [4.78, 5) is 0. The Morgan fingerprint density at radius 3 is 0.600 bits per heavy atom. The number of hydrogen-bond acceptors (Lipinski definition) is 0. The van der Waals surface area contributed by atoms with Gasteiger partial charge >= 0.3 is 0 Å². The van der Waals surface area contributed by atoms with E-state index in [4.69, 9.17) is 0 Å². The van der Waals surface area contributed by atoms with Crippen LogP contribution in [0.25, 0.3) is 0 Å². The molecule has 0 aromatic heterocycles. The van der Waals surface area contributed by atoms with Crippen LogP contribution in [0.1, 0.15) is 41.5 Å². The molecule has 3 heteroatoms. The van der Waals surface area contributed by atoms with Crippen molar-refractivity contribution in [3.63, 3.8) is 0 Å². The summed E-state index contributed by atoms with van der Waals surface area (Å²) in [6, 6.07) is 0. The predicted molar refractivity (Wildman–Crippen MR) is 77.1 cm³/mol. The van der Waals surface area contributed by atoms with Crippen molar-refractivity contribution >= 4 is 15.8 Å². The van der Waals surface area contributed by atoms with E-state index >= 15 is 0 Å².